The summed E-state index contributed by atoms with van der Waals surface area (Å²) in [6.45, 7) is 3.26. The van der Waals surface area contributed by atoms with Gasteiger partial charge in [0.1, 0.15) is 11.9 Å². The quantitative estimate of drug-likeness (QED) is 0.336. The third-order valence-electron chi connectivity index (χ3n) is 6.79. The number of carbonyl (C=O) groups excluding carboxylic acids is 1. The molecule has 0 aliphatic carbocycles. The molecule has 0 N–H and O–H groups in total. The van der Waals surface area contributed by atoms with Gasteiger partial charge >= 0.3 is 0 Å². The Balaban J connectivity index is 1.07. The maximum atomic E-state index is 12.6. The summed E-state index contributed by atoms with van der Waals surface area (Å²) >= 11 is 0. The van der Waals surface area contributed by atoms with Gasteiger partial charge in [0.2, 0.25) is 5.91 Å². The minimum absolute atomic E-state index is 0.154. The number of benzene rings is 3. The van der Waals surface area contributed by atoms with Crippen molar-refractivity contribution < 1.29 is 9.53 Å². The van der Waals surface area contributed by atoms with Crippen molar-refractivity contribution in [2.24, 2.45) is 0 Å². The number of hydrogen-bond donors (Lipinski definition) is 0. The van der Waals surface area contributed by atoms with Gasteiger partial charge in [-0.1, -0.05) is 54.6 Å². The van der Waals surface area contributed by atoms with Gasteiger partial charge in [-0.3, -0.25) is 14.7 Å². The Hall–Kier alpha value is -3.70. The minimum atomic E-state index is 0.154. The summed E-state index contributed by atoms with van der Waals surface area (Å²) in [5.41, 5.74) is 4.64. The molecular formula is C31H33N3O2. The van der Waals surface area contributed by atoms with Crippen LogP contribution in [0.2, 0.25) is 0 Å². The summed E-state index contributed by atoms with van der Waals surface area (Å²) in [6, 6.07) is 28.9. The number of pyridine rings is 1. The number of ether oxygens (including phenoxy) is 1. The number of rotatable bonds is 8. The Labute approximate surface area is 213 Å². The standard InChI is InChI=1S/C31H33N3O2/c1-33(23-26-11-14-30-27(20-26)8-5-17-32-30)22-25-9-12-28(13-10-25)36-29-15-18-34(19-16-29)31(35)21-24-6-3-2-4-7-24/h2-14,17,20,29H,15-16,18-19,21-23H2,1H3. The Morgan fingerprint density at radius 1 is 0.889 bits per heavy atom. The zero-order valence-electron chi connectivity index (χ0n) is 20.8. The largest absolute Gasteiger partial charge is 0.490 e. The van der Waals surface area contributed by atoms with Gasteiger partial charge in [0.05, 0.1) is 11.9 Å². The summed E-state index contributed by atoms with van der Waals surface area (Å²) in [5, 5.41) is 1.18. The molecule has 1 aromatic heterocycles. The van der Waals surface area contributed by atoms with E-state index in [1.807, 2.05) is 47.5 Å². The Kier molecular flexibility index (Phi) is 7.58. The van der Waals surface area contributed by atoms with Crippen LogP contribution in [0.4, 0.5) is 0 Å². The molecular weight excluding hydrogens is 446 g/mol. The van der Waals surface area contributed by atoms with Crippen LogP contribution in [0.3, 0.4) is 0 Å². The molecule has 0 unspecified atom stereocenters. The van der Waals surface area contributed by atoms with E-state index >= 15 is 0 Å². The molecule has 3 aromatic carbocycles. The lowest BCUT2D eigenvalue weighted by Gasteiger charge is -2.32. The van der Waals surface area contributed by atoms with E-state index < -0.39 is 0 Å². The molecule has 5 rings (SSSR count). The van der Waals surface area contributed by atoms with Crippen LogP contribution < -0.4 is 4.74 Å². The third-order valence-corrected chi connectivity index (χ3v) is 6.79. The van der Waals surface area contributed by atoms with Gasteiger partial charge in [0.15, 0.2) is 0 Å². The summed E-state index contributed by atoms with van der Waals surface area (Å²) in [4.78, 5) is 21.3. The highest BCUT2D eigenvalue weighted by atomic mass is 16.5. The summed E-state index contributed by atoms with van der Waals surface area (Å²) in [5.74, 6) is 1.10. The maximum absolute atomic E-state index is 12.6. The van der Waals surface area contributed by atoms with Gasteiger partial charge in [-0.05, 0) is 54.1 Å². The van der Waals surface area contributed by atoms with E-state index in [9.17, 15) is 4.79 Å². The molecule has 36 heavy (non-hydrogen) atoms. The van der Waals surface area contributed by atoms with Crippen molar-refractivity contribution in [1.82, 2.24) is 14.8 Å². The number of piperidine rings is 1. The van der Waals surface area contributed by atoms with Gasteiger partial charge in [-0.15, -0.1) is 0 Å². The highest BCUT2D eigenvalue weighted by Crippen LogP contribution is 2.21. The molecule has 4 aromatic rings. The first-order valence-electron chi connectivity index (χ1n) is 12.7. The lowest BCUT2D eigenvalue weighted by Crippen LogP contribution is -2.42. The predicted molar refractivity (Wildman–Crippen MR) is 144 cm³/mol. The normalized spacial score (nSPS) is 14.3. The van der Waals surface area contributed by atoms with Crippen molar-refractivity contribution in [1.29, 1.82) is 0 Å². The Morgan fingerprint density at radius 3 is 2.39 bits per heavy atom. The van der Waals surface area contributed by atoms with Crippen LogP contribution in [0, 0.1) is 0 Å². The lowest BCUT2D eigenvalue weighted by atomic mass is 10.1. The van der Waals surface area contributed by atoms with Crippen molar-refractivity contribution in [3.05, 3.63) is 108 Å². The van der Waals surface area contributed by atoms with Crippen LogP contribution in [-0.2, 0) is 24.3 Å². The molecule has 0 atom stereocenters. The third kappa shape index (κ3) is 6.29. The second-order valence-electron chi connectivity index (χ2n) is 9.71. The van der Waals surface area contributed by atoms with Crippen LogP contribution in [0.1, 0.15) is 29.5 Å². The second kappa shape index (κ2) is 11.4. The molecule has 0 spiro atoms. The zero-order valence-corrected chi connectivity index (χ0v) is 20.8. The second-order valence-corrected chi connectivity index (χ2v) is 9.71. The van der Waals surface area contributed by atoms with Crippen molar-refractivity contribution in [2.75, 3.05) is 20.1 Å². The van der Waals surface area contributed by atoms with Crippen LogP contribution in [0.25, 0.3) is 10.9 Å². The van der Waals surface area contributed by atoms with Crippen LogP contribution >= 0.6 is 0 Å². The molecule has 1 aliphatic rings. The first-order chi connectivity index (χ1) is 17.6. The first kappa shape index (κ1) is 24.0. The molecule has 0 bridgehead atoms. The smallest absolute Gasteiger partial charge is 0.226 e. The molecule has 1 saturated heterocycles. The number of nitrogens with zero attached hydrogens (tertiary/aromatic N) is 3. The van der Waals surface area contributed by atoms with Gasteiger partial charge < -0.3 is 9.64 Å². The minimum Gasteiger partial charge on any atom is -0.490 e. The monoisotopic (exact) mass is 479 g/mol. The first-order valence-corrected chi connectivity index (χ1v) is 12.7. The number of hydrogen-bond acceptors (Lipinski definition) is 4. The van der Waals surface area contributed by atoms with Crippen LogP contribution in [-0.4, -0.2) is 46.9 Å². The van der Waals surface area contributed by atoms with Gasteiger partial charge in [0, 0.05) is 50.6 Å². The van der Waals surface area contributed by atoms with Crippen molar-refractivity contribution in [3.8, 4) is 5.75 Å². The highest BCUT2D eigenvalue weighted by Gasteiger charge is 2.24. The fourth-order valence-electron chi connectivity index (χ4n) is 4.87. The molecule has 1 amide bonds. The van der Waals surface area contributed by atoms with Crippen molar-refractivity contribution in [3.63, 3.8) is 0 Å². The number of amides is 1. The number of fused-ring (bicyclic) bond motifs is 1. The molecule has 5 nitrogen and oxygen atoms in total. The van der Waals surface area contributed by atoms with Gasteiger partial charge in [-0.2, -0.15) is 0 Å². The molecule has 1 fully saturated rings. The molecule has 5 heteroatoms. The number of carbonyl (C=O) groups is 1. The summed E-state index contributed by atoms with van der Waals surface area (Å²) < 4.78 is 6.24. The summed E-state index contributed by atoms with van der Waals surface area (Å²) in [7, 11) is 2.14. The summed E-state index contributed by atoms with van der Waals surface area (Å²) in [6.07, 6.45) is 4.19. The van der Waals surface area contributed by atoms with Gasteiger partial charge in [0.25, 0.3) is 0 Å². The van der Waals surface area contributed by atoms with E-state index in [2.05, 4.69) is 65.5 Å². The van der Waals surface area contributed by atoms with Crippen LogP contribution in [0.15, 0.2) is 91.1 Å². The molecule has 184 valence electrons. The predicted octanol–water partition coefficient (Wildman–Crippen LogP) is 5.48. The number of aromatic nitrogens is 1. The fourth-order valence-corrected chi connectivity index (χ4v) is 4.87. The zero-order chi connectivity index (χ0) is 24.7. The van der Waals surface area contributed by atoms with E-state index in [0.717, 1.165) is 55.9 Å². The van der Waals surface area contributed by atoms with E-state index in [4.69, 9.17) is 4.74 Å². The van der Waals surface area contributed by atoms with E-state index in [1.165, 1.54) is 16.5 Å². The Bertz CT molecular complexity index is 1280. The van der Waals surface area contributed by atoms with Gasteiger partial charge in [-0.25, -0.2) is 0 Å². The average Bonchev–Trinajstić information content (AvgIpc) is 2.91. The van der Waals surface area contributed by atoms with E-state index in [0.29, 0.717) is 6.42 Å². The topological polar surface area (TPSA) is 45.7 Å². The average molecular weight is 480 g/mol. The fraction of sp³-hybridized carbons (Fsp3) is 0.290. The molecule has 1 aliphatic heterocycles. The Morgan fingerprint density at radius 2 is 1.61 bits per heavy atom. The lowest BCUT2D eigenvalue weighted by molar-refractivity contribution is -0.132. The highest BCUT2D eigenvalue weighted by molar-refractivity contribution is 5.79. The SMILES string of the molecule is CN(Cc1ccc(OC2CCN(C(=O)Cc3ccccc3)CC2)cc1)Cc1ccc2ncccc2c1. The maximum Gasteiger partial charge on any atom is 0.226 e. The van der Waals surface area contributed by atoms with Crippen LogP contribution in [0.5, 0.6) is 5.75 Å². The van der Waals surface area contributed by atoms with Crippen molar-refractivity contribution in [2.45, 2.75) is 38.5 Å². The molecule has 2 heterocycles. The van der Waals surface area contributed by atoms with E-state index in [-0.39, 0.29) is 12.0 Å². The van der Waals surface area contributed by atoms with E-state index in [1.54, 1.807) is 0 Å². The number of likely N-dealkylation sites (tertiary alicyclic amines) is 1. The molecule has 0 saturated carbocycles. The van der Waals surface area contributed by atoms with Crippen molar-refractivity contribution >= 4 is 16.8 Å². The molecule has 0 radical (unpaired) electrons.